The van der Waals surface area contributed by atoms with Gasteiger partial charge in [0.05, 0.1) is 17.4 Å². The topological polar surface area (TPSA) is 74.5 Å². The van der Waals surface area contributed by atoms with Gasteiger partial charge in [0.25, 0.3) is 0 Å². The molecule has 0 aliphatic carbocycles. The van der Waals surface area contributed by atoms with Gasteiger partial charge in [0.1, 0.15) is 11.6 Å². The third-order valence-corrected chi connectivity index (χ3v) is 3.96. The average Bonchev–Trinajstić information content (AvgIpc) is 2.64. The molecule has 2 heterocycles. The van der Waals surface area contributed by atoms with Gasteiger partial charge in [-0.15, -0.1) is 5.10 Å². The van der Waals surface area contributed by atoms with Gasteiger partial charge < -0.3 is 5.32 Å². The number of benzene rings is 1. The summed E-state index contributed by atoms with van der Waals surface area (Å²) >= 11 is 0. The third kappa shape index (κ3) is 3.08. The number of nitrogens with one attached hydrogen (secondary N) is 1. The number of anilines is 1. The highest BCUT2D eigenvalue weighted by Gasteiger charge is 2.19. The van der Waals surface area contributed by atoms with Gasteiger partial charge >= 0.3 is 0 Å². The predicted octanol–water partition coefficient (Wildman–Crippen LogP) is 3.56. The molecule has 0 saturated carbocycles. The molecule has 0 saturated heterocycles. The van der Waals surface area contributed by atoms with E-state index in [1.54, 1.807) is 6.20 Å². The van der Waals surface area contributed by atoms with Crippen LogP contribution in [0.5, 0.6) is 0 Å². The van der Waals surface area contributed by atoms with Crippen LogP contribution in [0.3, 0.4) is 0 Å². The van der Waals surface area contributed by atoms with Crippen molar-refractivity contribution in [1.82, 2.24) is 15.2 Å². The molecule has 2 aromatic heterocycles. The highest BCUT2D eigenvalue weighted by atomic mass is 15.2. The highest BCUT2D eigenvalue weighted by molar-refractivity contribution is 5.57. The predicted molar refractivity (Wildman–Crippen MR) is 92.4 cm³/mol. The van der Waals surface area contributed by atoms with Crippen LogP contribution < -0.4 is 5.32 Å². The molecule has 3 aromatic rings. The maximum absolute atomic E-state index is 9.50. The minimum Gasteiger partial charge on any atom is -0.355 e. The van der Waals surface area contributed by atoms with E-state index in [0.29, 0.717) is 11.4 Å². The molecular formula is C19H17N5. The van der Waals surface area contributed by atoms with Gasteiger partial charge in [0.15, 0.2) is 5.82 Å². The van der Waals surface area contributed by atoms with Crippen LogP contribution in [0.25, 0.3) is 0 Å². The van der Waals surface area contributed by atoms with Crippen molar-refractivity contribution in [2.45, 2.75) is 19.9 Å². The SMILES string of the molecule is Cc1nnc(NC(c2ccccc2)c2ccccn2)c(C#N)c1C. The second kappa shape index (κ2) is 6.88. The Morgan fingerprint density at radius 1 is 1.00 bits per heavy atom. The van der Waals surface area contributed by atoms with E-state index in [1.165, 1.54) is 0 Å². The van der Waals surface area contributed by atoms with Crippen LogP contribution >= 0.6 is 0 Å². The van der Waals surface area contributed by atoms with Gasteiger partial charge in [-0.05, 0) is 37.1 Å². The fourth-order valence-electron chi connectivity index (χ4n) is 2.50. The summed E-state index contributed by atoms with van der Waals surface area (Å²) < 4.78 is 0. The van der Waals surface area contributed by atoms with E-state index in [-0.39, 0.29) is 6.04 Å². The van der Waals surface area contributed by atoms with Crippen molar-refractivity contribution in [2.75, 3.05) is 5.32 Å². The molecule has 0 amide bonds. The van der Waals surface area contributed by atoms with Crippen molar-refractivity contribution in [1.29, 1.82) is 5.26 Å². The number of aromatic nitrogens is 3. The summed E-state index contributed by atoms with van der Waals surface area (Å²) in [5.74, 6) is 0.472. The lowest BCUT2D eigenvalue weighted by Gasteiger charge is -2.20. The summed E-state index contributed by atoms with van der Waals surface area (Å²) in [6.07, 6.45) is 1.75. The molecule has 118 valence electrons. The zero-order chi connectivity index (χ0) is 16.9. The quantitative estimate of drug-likeness (QED) is 0.796. The van der Waals surface area contributed by atoms with E-state index in [0.717, 1.165) is 22.5 Å². The first-order valence-corrected chi connectivity index (χ1v) is 7.67. The van der Waals surface area contributed by atoms with Crippen molar-refractivity contribution in [3.05, 3.63) is 82.8 Å². The summed E-state index contributed by atoms with van der Waals surface area (Å²) in [6.45, 7) is 3.73. The molecule has 0 aliphatic heterocycles. The number of aryl methyl sites for hydroxylation is 1. The molecule has 3 rings (SSSR count). The molecular weight excluding hydrogens is 298 g/mol. The van der Waals surface area contributed by atoms with Gasteiger partial charge in [-0.2, -0.15) is 10.4 Å². The maximum Gasteiger partial charge on any atom is 0.167 e. The minimum atomic E-state index is -0.212. The lowest BCUT2D eigenvalue weighted by atomic mass is 10.0. The van der Waals surface area contributed by atoms with Crippen LogP contribution in [-0.4, -0.2) is 15.2 Å². The van der Waals surface area contributed by atoms with E-state index in [1.807, 2.05) is 62.4 Å². The highest BCUT2D eigenvalue weighted by Crippen LogP contribution is 2.27. The van der Waals surface area contributed by atoms with Gasteiger partial charge in [-0.1, -0.05) is 36.4 Å². The molecule has 0 fully saturated rings. The van der Waals surface area contributed by atoms with Crippen molar-refractivity contribution in [2.24, 2.45) is 0 Å². The molecule has 0 radical (unpaired) electrons. The Morgan fingerprint density at radius 3 is 2.42 bits per heavy atom. The zero-order valence-corrected chi connectivity index (χ0v) is 13.6. The summed E-state index contributed by atoms with van der Waals surface area (Å²) in [4.78, 5) is 4.45. The maximum atomic E-state index is 9.50. The van der Waals surface area contributed by atoms with Crippen molar-refractivity contribution < 1.29 is 0 Å². The van der Waals surface area contributed by atoms with Crippen LogP contribution in [0, 0.1) is 25.2 Å². The van der Waals surface area contributed by atoms with Crippen LogP contribution in [-0.2, 0) is 0 Å². The van der Waals surface area contributed by atoms with E-state index >= 15 is 0 Å². The number of hydrogen-bond donors (Lipinski definition) is 1. The normalized spacial score (nSPS) is 11.5. The Kier molecular flexibility index (Phi) is 4.48. The van der Waals surface area contributed by atoms with Crippen molar-refractivity contribution in [3.63, 3.8) is 0 Å². The van der Waals surface area contributed by atoms with Gasteiger partial charge in [0, 0.05) is 6.20 Å². The lowest BCUT2D eigenvalue weighted by molar-refractivity contribution is 0.855. The first kappa shape index (κ1) is 15.6. The van der Waals surface area contributed by atoms with Crippen molar-refractivity contribution >= 4 is 5.82 Å². The Hall–Kier alpha value is -3.26. The average molecular weight is 315 g/mol. The molecule has 0 aliphatic rings. The molecule has 0 spiro atoms. The van der Waals surface area contributed by atoms with E-state index in [4.69, 9.17) is 0 Å². The molecule has 1 atom stereocenters. The van der Waals surface area contributed by atoms with Crippen LogP contribution in [0.15, 0.2) is 54.7 Å². The number of pyridine rings is 1. The third-order valence-electron chi connectivity index (χ3n) is 3.96. The summed E-state index contributed by atoms with van der Waals surface area (Å²) in [7, 11) is 0. The Bertz CT molecular complexity index is 830. The van der Waals surface area contributed by atoms with Gasteiger partial charge in [0.2, 0.25) is 0 Å². The molecule has 0 bridgehead atoms. The number of rotatable bonds is 4. The van der Waals surface area contributed by atoms with Gasteiger partial charge in [-0.25, -0.2) is 0 Å². The monoisotopic (exact) mass is 315 g/mol. The Labute approximate surface area is 141 Å². The fraction of sp³-hybridized carbons (Fsp3) is 0.158. The number of nitriles is 1. The summed E-state index contributed by atoms with van der Waals surface area (Å²) in [5.41, 5.74) is 4.00. The summed E-state index contributed by atoms with van der Waals surface area (Å²) in [6, 6.07) is 17.7. The van der Waals surface area contributed by atoms with Crippen molar-refractivity contribution in [3.8, 4) is 6.07 Å². The second-order valence-corrected chi connectivity index (χ2v) is 5.49. The molecule has 5 heteroatoms. The first-order valence-electron chi connectivity index (χ1n) is 7.67. The van der Waals surface area contributed by atoms with E-state index in [9.17, 15) is 5.26 Å². The molecule has 5 nitrogen and oxygen atoms in total. The molecule has 1 unspecified atom stereocenters. The molecule has 1 N–H and O–H groups in total. The largest absolute Gasteiger partial charge is 0.355 e. The fourth-order valence-corrected chi connectivity index (χ4v) is 2.50. The Morgan fingerprint density at radius 2 is 1.75 bits per heavy atom. The molecule has 1 aromatic carbocycles. The smallest absolute Gasteiger partial charge is 0.167 e. The van der Waals surface area contributed by atoms with Crippen LogP contribution in [0.1, 0.15) is 34.1 Å². The minimum absolute atomic E-state index is 0.212. The van der Waals surface area contributed by atoms with Gasteiger partial charge in [-0.3, -0.25) is 4.98 Å². The lowest BCUT2D eigenvalue weighted by Crippen LogP contribution is -2.16. The number of hydrogen-bond acceptors (Lipinski definition) is 5. The molecule has 24 heavy (non-hydrogen) atoms. The van der Waals surface area contributed by atoms with Crippen LogP contribution in [0.4, 0.5) is 5.82 Å². The first-order chi connectivity index (χ1) is 11.7. The number of nitrogens with zero attached hydrogens (tertiary/aromatic N) is 4. The summed E-state index contributed by atoms with van der Waals surface area (Å²) in [5, 5.41) is 21.2. The Balaban J connectivity index is 2.06. The second-order valence-electron chi connectivity index (χ2n) is 5.49. The zero-order valence-electron chi connectivity index (χ0n) is 13.6. The van der Waals surface area contributed by atoms with Crippen LogP contribution in [0.2, 0.25) is 0 Å². The van der Waals surface area contributed by atoms with E-state index in [2.05, 4.69) is 26.6 Å². The standard InChI is InChI=1S/C19H17N5/c1-13-14(2)23-24-19(16(13)12-20)22-18(15-8-4-3-5-9-15)17-10-6-7-11-21-17/h3-11,18H,1-2H3,(H,22,24). The van der Waals surface area contributed by atoms with E-state index < -0.39 is 0 Å².